The van der Waals surface area contributed by atoms with Gasteiger partial charge in [-0.25, -0.2) is 0 Å². The smallest absolute Gasteiger partial charge is 0.244 e. The van der Waals surface area contributed by atoms with E-state index in [-0.39, 0.29) is 43.4 Å². The monoisotopic (exact) mass is 296 g/mol. The number of hydrogen-bond acceptors (Lipinski definition) is 4. The van der Waals surface area contributed by atoms with Crippen LogP contribution in [-0.2, 0) is 16.1 Å². The lowest BCUT2D eigenvalue weighted by Gasteiger charge is -2.32. The van der Waals surface area contributed by atoms with Gasteiger partial charge in [0.1, 0.15) is 6.54 Å². The predicted octanol–water partition coefficient (Wildman–Crippen LogP) is -0.0872. The van der Waals surface area contributed by atoms with E-state index >= 15 is 0 Å². The lowest BCUT2D eigenvalue weighted by Crippen LogP contribution is -2.49. The highest BCUT2D eigenvalue weighted by atomic mass is 35.5. The van der Waals surface area contributed by atoms with Gasteiger partial charge in [-0.2, -0.15) is 5.10 Å². The van der Waals surface area contributed by atoms with Crippen molar-refractivity contribution in [3.05, 3.63) is 18.5 Å². The van der Waals surface area contributed by atoms with Gasteiger partial charge in [-0.15, -0.1) is 24.8 Å². The van der Waals surface area contributed by atoms with Crippen molar-refractivity contribution < 1.29 is 9.53 Å². The number of nitrogens with zero attached hydrogens (tertiary/aromatic N) is 3. The van der Waals surface area contributed by atoms with Crippen molar-refractivity contribution in [2.75, 3.05) is 26.2 Å². The Labute approximate surface area is 118 Å². The molecule has 1 aliphatic rings. The van der Waals surface area contributed by atoms with E-state index in [9.17, 15) is 4.79 Å². The van der Waals surface area contributed by atoms with Crippen LogP contribution in [0.4, 0.5) is 0 Å². The number of hydrogen-bond donors (Lipinski definition) is 1. The van der Waals surface area contributed by atoms with Gasteiger partial charge in [-0.1, -0.05) is 0 Å². The first-order valence-corrected chi connectivity index (χ1v) is 5.36. The minimum atomic E-state index is -0.0321. The molecule has 0 bridgehead atoms. The summed E-state index contributed by atoms with van der Waals surface area (Å²) in [6.07, 6.45) is 3.41. The molecule has 1 atom stereocenters. The van der Waals surface area contributed by atoms with Crippen molar-refractivity contribution in [2.45, 2.75) is 12.6 Å². The Morgan fingerprint density at radius 3 is 2.89 bits per heavy atom. The molecule has 0 saturated carbocycles. The van der Waals surface area contributed by atoms with Gasteiger partial charge in [0.25, 0.3) is 0 Å². The maximum Gasteiger partial charge on any atom is 0.244 e. The Morgan fingerprint density at radius 1 is 1.50 bits per heavy atom. The maximum absolute atomic E-state index is 11.9. The van der Waals surface area contributed by atoms with Crippen molar-refractivity contribution in [3.8, 4) is 0 Å². The first kappa shape index (κ1) is 17.2. The standard InChI is InChI=1S/C10H16N4O2.2ClH/c11-6-9-7-13(4-5-16-9)10(15)8-14-3-1-2-12-14;;/h1-3,9H,4-8,11H2;2*1H. The molecule has 104 valence electrons. The number of nitrogens with two attached hydrogens (primary N) is 1. The number of halogens is 2. The molecule has 1 saturated heterocycles. The van der Waals surface area contributed by atoms with E-state index in [0.29, 0.717) is 26.2 Å². The average Bonchev–Trinajstić information content (AvgIpc) is 2.82. The summed E-state index contributed by atoms with van der Waals surface area (Å²) in [5.41, 5.74) is 5.52. The zero-order valence-corrected chi connectivity index (χ0v) is 11.5. The Kier molecular flexibility index (Phi) is 7.93. The number of carbonyl (C=O) groups is 1. The summed E-state index contributed by atoms with van der Waals surface area (Å²) in [5, 5.41) is 4.00. The van der Waals surface area contributed by atoms with E-state index in [0.717, 1.165) is 0 Å². The number of ether oxygens (including phenoxy) is 1. The number of carbonyl (C=O) groups excluding carboxylic acids is 1. The minimum absolute atomic E-state index is 0. The zero-order chi connectivity index (χ0) is 11.4. The maximum atomic E-state index is 11.9. The summed E-state index contributed by atoms with van der Waals surface area (Å²) in [6, 6.07) is 1.80. The van der Waals surface area contributed by atoms with Gasteiger partial charge in [0.15, 0.2) is 0 Å². The molecule has 0 aromatic carbocycles. The average molecular weight is 297 g/mol. The molecule has 6 nitrogen and oxygen atoms in total. The van der Waals surface area contributed by atoms with Gasteiger partial charge in [0.2, 0.25) is 5.91 Å². The van der Waals surface area contributed by atoms with Crippen LogP contribution in [0.3, 0.4) is 0 Å². The number of aromatic nitrogens is 2. The summed E-state index contributed by atoms with van der Waals surface area (Å²) < 4.78 is 7.02. The second-order valence-corrected chi connectivity index (χ2v) is 3.77. The predicted molar refractivity (Wildman–Crippen MR) is 72.1 cm³/mol. The van der Waals surface area contributed by atoms with Gasteiger partial charge in [0.05, 0.1) is 12.7 Å². The van der Waals surface area contributed by atoms with Gasteiger partial charge in [-0.3, -0.25) is 9.48 Å². The molecular formula is C10H18Cl2N4O2. The van der Waals surface area contributed by atoms with Gasteiger partial charge in [0, 0.05) is 32.0 Å². The Balaban J connectivity index is 0.00000144. The molecule has 1 unspecified atom stereocenters. The first-order valence-electron chi connectivity index (χ1n) is 5.36. The fourth-order valence-electron chi connectivity index (χ4n) is 1.72. The quantitative estimate of drug-likeness (QED) is 0.846. The van der Waals surface area contributed by atoms with Crippen LogP contribution < -0.4 is 5.73 Å². The summed E-state index contributed by atoms with van der Waals surface area (Å²) in [6.45, 7) is 2.51. The van der Waals surface area contributed by atoms with Crippen molar-refractivity contribution in [2.24, 2.45) is 5.73 Å². The van der Waals surface area contributed by atoms with Gasteiger partial charge >= 0.3 is 0 Å². The van der Waals surface area contributed by atoms with E-state index in [4.69, 9.17) is 10.5 Å². The topological polar surface area (TPSA) is 73.4 Å². The number of morpholine rings is 1. The highest BCUT2D eigenvalue weighted by Crippen LogP contribution is 2.05. The second kappa shape index (κ2) is 8.31. The molecule has 1 aromatic rings. The van der Waals surface area contributed by atoms with Crippen LogP contribution in [0.15, 0.2) is 18.5 Å². The van der Waals surface area contributed by atoms with Crippen LogP contribution in [0.1, 0.15) is 0 Å². The van der Waals surface area contributed by atoms with Crippen LogP contribution in [0.2, 0.25) is 0 Å². The molecule has 0 radical (unpaired) electrons. The highest BCUT2D eigenvalue weighted by molar-refractivity contribution is 5.85. The highest BCUT2D eigenvalue weighted by Gasteiger charge is 2.23. The lowest BCUT2D eigenvalue weighted by atomic mass is 10.2. The largest absolute Gasteiger partial charge is 0.373 e. The molecule has 8 heteroatoms. The molecular weight excluding hydrogens is 279 g/mol. The fourth-order valence-corrected chi connectivity index (χ4v) is 1.72. The molecule has 1 aliphatic heterocycles. The van der Waals surface area contributed by atoms with E-state index in [1.165, 1.54) is 0 Å². The molecule has 1 fully saturated rings. The van der Waals surface area contributed by atoms with E-state index < -0.39 is 0 Å². The molecule has 0 aliphatic carbocycles. The normalized spacial score (nSPS) is 18.7. The SMILES string of the molecule is Cl.Cl.NCC1CN(C(=O)Cn2cccn2)CCO1. The number of amides is 1. The minimum Gasteiger partial charge on any atom is -0.373 e. The lowest BCUT2D eigenvalue weighted by molar-refractivity contribution is -0.139. The molecule has 2 rings (SSSR count). The van der Waals surface area contributed by atoms with Crippen LogP contribution in [0, 0.1) is 0 Å². The number of rotatable bonds is 3. The third-order valence-electron chi connectivity index (χ3n) is 2.61. The summed E-state index contributed by atoms with van der Waals surface area (Å²) in [4.78, 5) is 13.7. The van der Waals surface area contributed by atoms with Crippen LogP contribution >= 0.6 is 24.8 Å². The van der Waals surface area contributed by atoms with Crippen LogP contribution in [-0.4, -0.2) is 52.9 Å². The van der Waals surface area contributed by atoms with Crippen LogP contribution in [0.25, 0.3) is 0 Å². The molecule has 18 heavy (non-hydrogen) atoms. The fraction of sp³-hybridized carbons (Fsp3) is 0.600. The first-order chi connectivity index (χ1) is 7.79. The van der Waals surface area contributed by atoms with Crippen LogP contribution in [0.5, 0.6) is 0 Å². The molecule has 2 N–H and O–H groups in total. The van der Waals surface area contributed by atoms with E-state index in [2.05, 4.69) is 5.10 Å². The van der Waals surface area contributed by atoms with E-state index in [1.807, 2.05) is 0 Å². The van der Waals surface area contributed by atoms with Crippen molar-refractivity contribution in [1.82, 2.24) is 14.7 Å². The van der Waals surface area contributed by atoms with E-state index in [1.54, 1.807) is 28.0 Å². The van der Waals surface area contributed by atoms with Crippen molar-refractivity contribution in [3.63, 3.8) is 0 Å². The van der Waals surface area contributed by atoms with Gasteiger partial charge in [-0.05, 0) is 6.07 Å². The summed E-state index contributed by atoms with van der Waals surface area (Å²) in [7, 11) is 0. The van der Waals surface area contributed by atoms with Crippen molar-refractivity contribution >= 4 is 30.7 Å². The molecule has 2 heterocycles. The third-order valence-corrected chi connectivity index (χ3v) is 2.61. The Morgan fingerprint density at radius 2 is 2.28 bits per heavy atom. The zero-order valence-electron chi connectivity index (χ0n) is 9.90. The summed E-state index contributed by atoms with van der Waals surface area (Å²) in [5.74, 6) is 0.0606. The molecule has 1 aromatic heterocycles. The Bertz CT molecular complexity index is 348. The molecule has 1 amide bonds. The third kappa shape index (κ3) is 4.45. The molecule has 0 spiro atoms. The Hall–Kier alpha value is -0.820. The second-order valence-electron chi connectivity index (χ2n) is 3.77. The summed E-state index contributed by atoms with van der Waals surface area (Å²) >= 11 is 0. The van der Waals surface area contributed by atoms with Gasteiger partial charge < -0.3 is 15.4 Å². The van der Waals surface area contributed by atoms with Crippen molar-refractivity contribution in [1.29, 1.82) is 0 Å².